The first-order chi connectivity index (χ1) is 5.35. The summed E-state index contributed by atoms with van der Waals surface area (Å²) in [7, 11) is 0. The number of rotatable bonds is 5. The van der Waals surface area contributed by atoms with Gasteiger partial charge in [-0.05, 0) is 18.4 Å². The molecule has 0 aromatic heterocycles. The van der Waals surface area contributed by atoms with E-state index in [1.54, 1.807) is 0 Å². The van der Waals surface area contributed by atoms with E-state index in [9.17, 15) is 0 Å². The third kappa shape index (κ3) is 5.69. The minimum absolute atomic E-state index is 1.10. The smallest absolute Gasteiger partial charge is 0.00699 e. The van der Waals surface area contributed by atoms with Crippen LogP contribution in [0.25, 0.3) is 0 Å². The summed E-state index contributed by atoms with van der Waals surface area (Å²) in [5.74, 6) is 0. The number of unbranched alkanes of at least 4 members (excludes halogenated alkanes) is 1. The zero-order chi connectivity index (χ0) is 8.53. The van der Waals surface area contributed by atoms with Gasteiger partial charge in [0.25, 0.3) is 0 Å². The maximum atomic E-state index is 3.65. The van der Waals surface area contributed by atoms with Crippen LogP contribution in [0.5, 0.6) is 0 Å². The van der Waals surface area contributed by atoms with Gasteiger partial charge in [0.15, 0.2) is 0 Å². The highest BCUT2D eigenvalue weighted by atomic mass is 13.9. The van der Waals surface area contributed by atoms with Crippen molar-refractivity contribution in [1.29, 1.82) is 0 Å². The highest BCUT2D eigenvalue weighted by Gasteiger charge is 1.86. The molecule has 11 heavy (non-hydrogen) atoms. The average molecular weight is 150 g/mol. The van der Waals surface area contributed by atoms with Gasteiger partial charge in [0.2, 0.25) is 0 Å². The molecule has 0 radical (unpaired) electrons. The minimum atomic E-state index is 1.10. The van der Waals surface area contributed by atoms with E-state index in [4.69, 9.17) is 0 Å². The maximum absolute atomic E-state index is 3.65. The quantitative estimate of drug-likeness (QED) is 0.412. The molecule has 0 unspecified atom stereocenters. The van der Waals surface area contributed by atoms with E-state index in [0.29, 0.717) is 0 Å². The third-order valence-electron chi connectivity index (χ3n) is 1.52. The molecule has 0 rings (SSSR count). The summed E-state index contributed by atoms with van der Waals surface area (Å²) < 4.78 is 0. The Labute approximate surface area is 70.3 Å². The summed E-state index contributed by atoms with van der Waals surface area (Å²) in [6.45, 7) is 8.00. The molecule has 0 saturated heterocycles. The van der Waals surface area contributed by atoms with Crippen molar-refractivity contribution in [1.82, 2.24) is 0 Å². The van der Waals surface area contributed by atoms with Crippen molar-refractivity contribution in [3.05, 3.63) is 30.0 Å². The Balaban J connectivity index is 3.78. The number of hydrogen-bond donors (Lipinski definition) is 0. The molecule has 0 spiro atoms. The lowest BCUT2D eigenvalue weighted by Crippen LogP contribution is -1.74. The molecule has 0 atom stereocenters. The fourth-order valence-corrected chi connectivity index (χ4v) is 0.892. The van der Waals surface area contributed by atoms with Gasteiger partial charge in [0.05, 0.1) is 0 Å². The summed E-state index contributed by atoms with van der Waals surface area (Å²) in [5.41, 5.74) is 4.18. The fourth-order valence-electron chi connectivity index (χ4n) is 0.892. The zero-order valence-corrected chi connectivity index (χ0v) is 7.69. The zero-order valence-electron chi connectivity index (χ0n) is 7.69. The summed E-state index contributed by atoms with van der Waals surface area (Å²) in [6, 6.07) is 0. The van der Waals surface area contributed by atoms with E-state index >= 15 is 0 Å². The highest BCUT2D eigenvalue weighted by molar-refractivity contribution is 5.16. The Morgan fingerprint density at radius 2 is 2.09 bits per heavy atom. The SMILES string of the molecule is C=C=C(C=CCCC)CCC. The lowest BCUT2D eigenvalue weighted by molar-refractivity contribution is 0.919. The number of hydrogen-bond acceptors (Lipinski definition) is 0. The largest absolute Gasteiger partial charge is 0.125 e. The highest BCUT2D eigenvalue weighted by Crippen LogP contribution is 2.04. The van der Waals surface area contributed by atoms with Gasteiger partial charge in [0.1, 0.15) is 0 Å². The van der Waals surface area contributed by atoms with Crippen LogP contribution >= 0.6 is 0 Å². The summed E-state index contributed by atoms with van der Waals surface area (Å²) >= 11 is 0. The van der Waals surface area contributed by atoms with E-state index in [1.165, 1.54) is 18.4 Å². The van der Waals surface area contributed by atoms with Crippen molar-refractivity contribution in [3.63, 3.8) is 0 Å². The van der Waals surface area contributed by atoms with Crippen LogP contribution in [0.4, 0.5) is 0 Å². The van der Waals surface area contributed by atoms with Crippen molar-refractivity contribution in [3.8, 4) is 0 Å². The predicted molar refractivity (Wildman–Crippen MR) is 51.6 cm³/mol. The molecule has 0 heteroatoms. The Morgan fingerprint density at radius 3 is 2.55 bits per heavy atom. The predicted octanol–water partition coefficient (Wildman–Crippen LogP) is 3.85. The van der Waals surface area contributed by atoms with Crippen molar-refractivity contribution in [2.24, 2.45) is 0 Å². The summed E-state index contributed by atoms with van der Waals surface area (Å²) in [4.78, 5) is 0. The molecule has 0 aliphatic heterocycles. The molecule has 0 saturated carbocycles. The minimum Gasteiger partial charge on any atom is -0.125 e. The van der Waals surface area contributed by atoms with Gasteiger partial charge in [-0.15, -0.1) is 5.73 Å². The van der Waals surface area contributed by atoms with Gasteiger partial charge in [-0.3, -0.25) is 0 Å². The van der Waals surface area contributed by atoms with Gasteiger partial charge in [-0.25, -0.2) is 0 Å². The lowest BCUT2D eigenvalue weighted by Gasteiger charge is -1.93. The molecule has 0 N–H and O–H groups in total. The molecule has 0 fully saturated rings. The van der Waals surface area contributed by atoms with E-state index in [1.807, 2.05) is 0 Å². The average Bonchev–Trinajstić information content (AvgIpc) is 2.03. The second-order valence-electron chi connectivity index (χ2n) is 2.64. The van der Waals surface area contributed by atoms with Crippen molar-refractivity contribution >= 4 is 0 Å². The molecule has 0 bridgehead atoms. The summed E-state index contributed by atoms with van der Waals surface area (Å²) in [5, 5.41) is 0. The van der Waals surface area contributed by atoms with Crippen LogP contribution in [0.2, 0.25) is 0 Å². The maximum Gasteiger partial charge on any atom is -0.00699 e. The molecule has 0 aliphatic rings. The molecular weight excluding hydrogens is 132 g/mol. The molecule has 0 aliphatic carbocycles. The van der Waals surface area contributed by atoms with E-state index < -0.39 is 0 Å². The van der Waals surface area contributed by atoms with Crippen LogP contribution < -0.4 is 0 Å². The molecule has 62 valence electrons. The van der Waals surface area contributed by atoms with Crippen LogP contribution in [-0.4, -0.2) is 0 Å². The van der Waals surface area contributed by atoms with Gasteiger partial charge in [-0.1, -0.05) is 45.4 Å². The van der Waals surface area contributed by atoms with Crippen molar-refractivity contribution < 1.29 is 0 Å². The Hall–Kier alpha value is -0.740. The molecule has 0 heterocycles. The summed E-state index contributed by atoms with van der Waals surface area (Å²) in [6.07, 6.45) is 8.99. The van der Waals surface area contributed by atoms with Gasteiger partial charge in [0, 0.05) is 0 Å². The van der Waals surface area contributed by atoms with E-state index in [0.717, 1.165) is 12.8 Å². The molecule has 0 aromatic carbocycles. The van der Waals surface area contributed by atoms with E-state index in [-0.39, 0.29) is 0 Å². The lowest BCUT2D eigenvalue weighted by atomic mass is 10.1. The Kier molecular flexibility index (Phi) is 6.87. The van der Waals surface area contributed by atoms with Gasteiger partial charge < -0.3 is 0 Å². The second-order valence-corrected chi connectivity index (χ2v) is 2.64. The topological polar surface area (TPSA) is 0 Å². The van der Waals surface area contributed by atoms with Gasteiger partial charge >= 0.3 is 0 Å². The number of allylic oxidation sites excluding steroid dienone is 3. The van der Waals surface area contributed by atoms with Crippen LogP contribution in [0.15, 0.2) is 30.0 Å². The molecule has 0 aromatic rings. The normalized spacial score (nSPS) is 10.0. The second kappa shape index (κ2) is 7.37. The molecule has 0 nitrogen and oxygen atoms in total. The third-order valence-corrected chi connectivity index (χ3v) is 1.52. The van der Waals surface area contributed by atoms with Crippen LogP contribution in [0.3, 0.4) is 0 Å². The van der Waals surface area contributed by atoms with Gasteiger partial charge in [-0.2, -0.15) is 0 Å². The standard InChI is InChI=1S/C11H18/c1-4-7-8-10-11(6-3)9-5-2/h8,10H,3-5,7,9H2,1-2H3. The molecular formula is C11H18. The molecule has 0 amide bonds. The first-order valence-electron chi connectivity index (χ1n) is 4.40. The monoisotopic (exact) mass is 150 g/mol. The first-order valence-corrected chi connectivity index (χ1v) is 4.40. The van der Waals surface area contributed by atoms with E-state index in [2.05, 4.69) is 38.3 Å². The first kappa shape index (κ1) is 10.3. The van der Waals surface area contributed by atoms with Crippen LogP contribution in [0, 0.1) is 0 Å². The Bertz CT molecular complexity index is 157. The van der Waals surface area contributed by atoms with Crippen molar-refractivity contribution in [2.45, 2.75) is 39.5 Å². The van der Waals surface area contributed by atoms with Crippen LogP contribution in [0.1, 0.15) is 39.5 Å². The Morgan fingerprint density at radius 1 is 1.36 bits per heavy atom. The van der Waals surface area contributed by atoms with Crippen molar-refractivity contribution in [2.75, 3.05) is 0 Å². The van der Waals surface area contributed by atoms with Crippen LogP contribution in [-0.2, 0) is 0 Å². The fraction of sp³-hybridized carbons (Fsp3) is 0.545.